The van der Waals surface area contributed by atoms with Crippen LogP contribution in [0.4, 0.5) is 4.39 Å². The molecule has 1 aromatic heterocycles. The van der Waals surface area contributed by atoms with Crippen LogP contribution >= 0.6 is 0 Å². The van der Waals surface area contributed by atoms with Crippen LogP contribution in [0.3, 0.4) is 0 Å². The van der Waals surface area contributed by atoms with E-state index in [0.717, 1.165) is 29.2 Å². The molecule has 0 aliphatic rings. The maximum Gasteiger partial charge on any atom is 0.326 e. The van der Waals surface area contributed by atoms with E-state index < -0.39 is 188 Å². The number of aromatic nitrogens is 2. The van der Waals surface area contributed by atoms with Crippen LogP contribution in [-0.4, -0.2) is 203 Å². The first-order chi connectivity index (χ1) is 48.9. The molecule has 0 saturated carbocycles. The fraction of sp³-hybridized carbons (Fsp3) is 0.343. The van der Waals surface area contributed by atoms with Gasteiger partial charge in [-0.3, -0.25) is 57.5 Å². The first-order valence-corrected chi connectivity index (χ1v) is 32.3. The standard InChI is InChI=1S/C70H82FN13O19/c1-38(76-61(94)49(72)32-48-34-73-37-75-48)60(93)77-50(27-28-57(89)90)62(95)74-35-56(88)83-59(39(2)86)67(100)80-52(29-41-13-7-4-8-14-41)66(99)84-70(71,40(3)87)69(103)82-55(36-85)65(98)79-53(33-58(91)92)64(97)78-51(30-42-19-23-46(24-20-42)44-15-9-5-10-16-44)63(96)81-54(68(101)102)31-43-21-25-47(26-22-43)45-17-11-6-12-18-45/h4-26,34,37-40,49-55,59,85-87H,27-33,35-36,72H2,1-3H3,(H,73,75)(H,74,95)(H,76,94)(H,77,93)(H,78,97)(H,79,98)(H,80,100)(H,81,96)(H,82,103)(H,83,88)(H,84,99)(H,89,90)(H,91,92)(H,101,102)/t38-,39+,40+,49-,50-,51-,52-,53-,54-,55-,59-,70-/m0/s1. The molecule has 10 amide bonds. The van der Waals surface area contributed by atoms with Crippen molar-refractivity contribution < 1.29 is 97.4 Å². The molecule has 0 fully saturated rings. The van der Waals surface area contributed by atoms with Crippen molar-refractivity contribution in [1.29, 1.82) is 0 Å². The van der Waals surface area contributed by atoms with Crippen LogP contribution in [0.15, 0.2) is 152 Å². The van der Waals surface area contributed by atoms with E-state index in [-0.39, 0.29) is 24.8 Å². The summed E-state index contributed by atoms with van der Waals surface area (Å²) in [6.45, 7) is 0.555. The minimum Gasteiger partial charge on any atom is -0.481 e. The van der Waals surface area contributed by atoms with E-state index in [1.54, 1.807) is 65.2 Å². The molecule has 0 aliphatic carbocycles. The molecule has 0 spiro atoms. The summed E-state index contributed by atoms with van der Waals surface area (Å²) in [7, 11) is 0. The van der Waals surface area contributed by atoms with Gasteiger partial charge in [-0.15, -0.1) is 0 Å². The van der Waals surface area contributed by atoms with Crippen LogP contribution in [0, 0.1) is 0 Å². The number of hydrogen-bond acceptors (Lipinski definition) is 18. The van der Waals surface area contributed by atoms with Crippen LogP contribution in [0.2, 0.25) is 0 Å². The molecular formula is C70H82FN13O19. The number of aliphatic hydroxyl groups excluding tert-OH is 3. The highest BCUT2D eigenvalue weighted by Gasteiger charge is 2.48. The first kappa shape index (κ1) is 80.2. The van der Waals surface area contributed by atoms with Crippen LogP contribution in [0.5, 0.6) is 0 Å². The van der Waals surface area contributed by atoms with E-state index in [0.29, 0.717) is 23.7 Å². The predicted molar refractivity (Wildman–Crippen MR) is 365 cm³/mol. The van der Waals surface area contributed by atoms with Crippen LogP contribution in [-0.2, 0) is 88.0 Å². The van der Waals surface area contributed by atoms with Gasteiger partial charge in [0.1, 0.15) is 54.4 Å². The highest BCUT2D eigenvalue weighted by Crippen LogP contribution is 2.23. The van der Waals surface area contributed by atoms with Gasteiger partial charge in [0.2, 0.25) is 53.2 Å². The predicted octanol–water partition coefficient (Wildman–Crippen LogP) is -1.68. The Morgan fingerprint density at radius 1 is 0.495 bits per heavy atom. The molecule has 5 aromatic carbocycles. The molecule has 6 aromatic rings. The number of carbonyl (C=O) groups excluding carboxylic acids is 10. The number of carbonyl (C=O) groups is 13. The van der Waals surface area contributed by atoms with Gasteiger partial charge in [-0.25, -0.2) is 14.2 Å². The molecule has 6 rings (SSSR count). The molecule has 0 unspecified atom stereocenters. The van der Waals surface area contributed by atoms with Crippen molar-refractivity contribution in [2.45, 2.75) is 138 Å². The average molecular weight is 1430 g/mol. The Labute approximate surface area is 589 Å². The van der Waals surface area contributed by atoms with Gasteiger partial charge in [0, 0.05) is 38.3 Å². The molecular weight excluding hydrogens is 1350 g/mol. The van der Waals surface area contributed by atoms with E-state index in [1.807, 2.05) is 66.0 Å². The SMILES string of the molecule is C[C@H](NC(=O)[C@@H](N)Cc1c[nH]cn1)C(=O)N[C@@H](CCC(=O)O)C(=O)NCC(=O)N[C@H](C(=O)N[C@@H](Cc1ccccc1)C(=O)N[C@](F)(C(=O)N[C@@H](CO)C(=O)N[C@@H](CC(=O)O)C(=O)N[C@@H](Cc1ccc(-c2ccccc2)cc1)C(=O)N[C@@H](Cc1ccc(-c2ccccc2)cc1)C(=O)O)[C@@H](C)O)[C@@H](C)O. The number of amides is 10. The molecule has 19 N–H and O–H groups in total. The maximum absolute atomic E-state index is 17.2. The smallest absolute Gasteiger partial charge is 0.326 e. The number of nitrogens with two attached hydrogens (primary N) is 1. The zero-order valence-corrected chi connectivity index (χ0v) is 56.0. The van der Waals surface area contributed by atoms with Crippen molar-refractivity contribution in [2.75, 3.05) is 13.2 Å². The number of carboxylic acids is 3. The van der Waals surface area contributed by atoms with E-state index in [2.05, 4.69) is 47.2 Å². The van der Waals surface area contributed by atoms with Gasteiger partial charge in [-0.2, -0.15) is 0 Å². The number of nitrogens with one attached hydrogen (secondary N) is 11. The number of aliphatic carboxylic acids is 3. The molecule has 0 radical (unpaired) electrons. The molecule has 0 aliphatic heterocycles. The third kappa shape index (κ3) is 24.8. The zero-order valence-electron chi connectivity index (χ0n) is 56.0. The molecule has 103 heavy (non-hydrogen) atoms. The van der Waals surface area contributed by atoms with Gasteiger partial charge in [-0.1, -0.05) is 140 Å². The topological polar surface area (TPSA) is 518 Å². The van der Waals surface area contributed by atoms with Crippen molar-refractivity contribution in [3.63, 3.8) is 0 Å². The summed E-state index contributed by atoms with van der Waals surface area (Å²) in [5.41, 5.74) is 10.9. The highest BCUT2D eigenvalue weighted by atomic mass is 19.1. The Morgan fingerprint density at radius 2 is 0.961 bits per heavy atom. The molecule has 32 nitrogen and oxygen atoms in total. The summed E-state index contributed by atoms with van der Waals surface area (Å²) in [5, 5.41) is 83.3. The summed E-state index contributed by atoms with van der Waals surface area (Å²) in [4.78, 5) is 181. The second-order valence-corrected chi connectivity index (χ2v) is 24.1. The fourth-order valence-corrected chi connectivity index (χ4v) is 10.3. The Bertz CT molecular complexity index is 3910. The van der Waals surface area contributed by atoms with Crippen molar-refractivity contribution in [3.05, 3.63) is 174 Å². The second-order valence-electron chi connectivity index (χ2n) is 24.1. The maximum atomic E-state index is 17.2. The third-order valence-electron chi connectivity index (χ3n) is 16.0. The normalized spacial score (nSPS) is 14.8. The lowest BCUT2D eigenvalue weighted by atomic mass is 9.98. The number of halogens is 1. The summed E-state index contributed by atoms with van der Waals surface area (Å²) in [6.07, 6.45) is -5.00. The van der Waals surface area contributed by atoms with E-state index >= 15 is 4.39 Å². The number of H-pyrrole nitrogens is 1. The first-order valence-electron chi connectivity index (χ1n) is 32.3. The number of rotatable bonds is 39. The quantitative estimate of drug-likeness (QED) is 0.0192. The summed E-state index contributed by atoms with van der Waals surface area (Å²) in [6, 6.07) is 23.8. The molecule has 1 heterocycles. The Morgan fingerprint density at radius 3 is 1.46 bits per heavy atom. The zero-order chi connectivity index (χ0) is 75.5. The Hall–Kier alpha value is -11.8. The van der Waals surface area contributed by atoms with Gasteiger partial charge in [0.25, 0.3) is 11.7 Å². The van der Waals surface area contributed by atoms with Crippen molar-refractivity contribution in [3.8, 4) is 22.3 Å². The van der Waals surface area contributed by atoms with E-state index in [4.69, 9.17) is 5.73 Å². The lowest BCUT2D eigenvalue weighted by Crippen LogP contribution is -2.67. The number of carboxylic acid groups (broad SMARTS) is 3. The van der Waals surface area contributed by atoms with E-state index in [9.17, 15) is 93.0 Å². The second kappa shape index (κ2) is 38.7. The summed E-state index contributed by atoms with van der Waals surface area (Å²) >= 11 is 0. The van der Waals surface area contributed by atoms with Gasteiger partial charge in [0.15, 0.2) is 0 Å². The summed E-state index contributed by atoms with van der Waals surface area (Å²) in [5.74, 6) is -21.4. The molecule has 33 heteroatoms. The lowest BCUT2D eigenvalue weighted by molar-refractivity contribution is -0.153. The Kier molecular flexibility index (Phi) is 30.1. The van der Waals surface area contributed by atoms with Gasteiger partial charge < -0.3 is 94.5 Å². The number of aliphatic hydroxyl groups is 3. The molecule has 0 bridgehead atoms. The monoisotopic (exact) mass is 1430 g/mol. The fourth-order valence-electron chi connectivity index (χ4n) is 10.3. The number of imidazole rings is 1. The third-order valence-corrected chi connectivity index (χ3v) is 16.0. The molecule has 0 saturated heterocycles. The largest absolute Gasteiger partial charge is 0.481 e. The van der Waals surface area contributed by atoms with Gasteiger partial charge >= 0.3 is 17.9 Å². The lowest BCUT2D eigenvalue weighted by Gasteiger charge is -2.32. The minimum atomic E-state index is -3.99. The van der Waals surface area contributed by atoms with Crippen molar-refractivity contribution >= 4 is 77.0 Å². The van der Waals surface area contributed by atoms with Crippen molar-refractivity contribution in [2.24, 2.45) is 5.73 Å². The van der Waals surface area contributed by atoms with Crippen LogP contribution in [0.1, 0.15) is 62.4 Å². The number of aromatic amines is 1. The Balaban J connectivity index is 1.14. The number of benzene rings is 5. The molecule has 548 valence electrons. The number of alkyl halides is 1. The summed E-state index contributed by atoms with van der Waals surface area (Å²) < 4.78 is 17.2. The number of hydrogen-bond donors (Lipinski definition) is 18. The van der Waals surface area contributed by atoms with Crippen molar-refractivity contribution in [1.82, 2.24) is 63.1 Å². The van der Waals surface area contributed by atoms with Crippen LogP contribution < -0.4 is 58.9 Å². The highest BCUT2D eigenvalue weighted by molar-refractivity contribution is 6.00. The minimum absolute atomic E-state index is 0.00516. The van der Waals surface area contributed by atoms with Crippen LogP contribution in [0.25, 0.3) is 22.3 Å². The van der Waals surface area contributed by atoms with E-state index in [1.165, 1.54) is 43.7 Å². The van der Waals surface area contributed by atoms with Gasteiger partial charge in [0.05, 0.1) is 43.7 Å². The average Bonchev–Trinajstić information content (AvgIpc) is 1.13. The van der Waals surface area contributed by atoms with Gasteiger partial charge in [-0.05, 0) is 66.1 Å². The number of nitrogens with zero attached hydrogens (tertiary/aromatic N) is 1. The molecule has 12 atom stereocenters.